The molecule has 1 amide bonds. The van der Waals surface area contributed by atoms with Gasteiger partial charge in [0.25, 0.3) is 0 Å². The summed E-state index contributed by atoms with van der Waals surface area (Å²) < 4.78 is 4.62. The van der Waals surface area contributed by atoms with Crippen LogP contribution in [-0.4, -0.2) is 38.1 Å². The Hall–Kier alpha value is -0.810. The second-order valence-corrected chi connectivity index (χ2v) is 4.04. The van der Waals surface area contributed by atoms with E-state index in [2.05, 4.69) is 15.4 Å². The molecule has 0 aromatic carbocycles. The van der Waals surface area contributed by atoms with Gasteiger partial charge in [-0.1, -0.05) is 6.92 Å². The molecule has 0 spiro atoms. The lowest BCUT2D eigenvalue weighted by atomic mass is 9.98. The largest absolute Gasteiger partial charge is 0.467 e. The summed E-state index contributed by atoms with van der Waals surface area (Å²) >= 11 is 0. The maximum Gasteiger partial charge on any atom is 0.328 e. The molecule has 1 heterocycles. The van der Waals surface area contributed by atoms with E-state index in [0.717, 1.165) is 19.4 Å². The van der Waals surface area contributed by atoms with Gasteiger partial charge in [-0.25, -0.2) is 4.79 Å². The quantitative estimate of drug-likeness (QED) is 0.725. The Morgan fingerprint density at radius 1 is 1.53 bits per heavy atom. The molecule has 0 aliphatic carbocycles. The van der Waals surface area contributed by atoms with E-state index in [9.17, 15) is 9.59 Å². The number of hydrogen-bond donors (Lipinski definition) is 2. The molecule has 1 rings (SSSR count). The Bertz CT molecular complexity index is 255. The summed E-state index contributed by atoms with van der Waals surface area (Å²) in [6.45, 7) is 3.52. The van der Waals surface area contributed by atoms with Crippen molar-refractivity contribution in [3.05, 3.63) is 0 Å². The molecule has 17 heavy (non-hydrogen) atoms. The van der Waals surface area contributed by atoms with E-state index in [4.69, 9.17) is 0 Å². The summed E-state index contributed by atoms with van der Waals surface area (Å²) in [5.74, 6) is -0.448. The maximum absolute atomic E-state index is 11.8. The van der Waals surface area contributed by atoms with Crippen molar-refractivity contribution in [1.82, 2.24) is 10.6 Å². The second kappa shape index (κ2) is 8.31. The van der Waals surface area contributed by atoms with Gasteiger partial charge in [-0.15, -0.1) is 12.4 Å². The first-order valence-corrected chi connectivity index (χ1v) is 5.78. The number of esters is 1. The number of ether oxygens (including phenoxy) is 1. The summed E-state index contributed by atoms with van der Waals surface area (Å²) in [5, 5.41) is 5.91. The van der Waals surface area contributed by atoms with Crippen LogP contribution in [0.4, 0.5) is 0 Å². The Morgan fingerprint density at radius 2 is 2.24 bits per heavy atom. The Kier molecular flexibility index (Phi) is 7.91. The van der Waals surface area contributed by atoms with Crippen LogP contribution in [0.15, 0.2) is 0 Å². The third-order valence-corrected chi connectivity index (χ3v) is 2.88. The van der Waals surface area contributed by atoms with E-state index in [0.29, 0.717) is 13.0 Å². The van der Waals surface area contributed by atoms with Crippen molar-refractivity contribution in [2.75, 3.05) is 20.2 Å². The van der Waals surface area contributed by atoms with Crippen molar-refractivity contribution in [2.45, 2.75) is 32.2 Å². The highest BCUT2D eigenvalue weighted by molar-refractivity contribution is 5.86. The van der Waals surface area contributed by atoms with Crippen molar-refractivity contribution < 1.29 is 14.3 Å². The van der Waals surface area contributed by atoms with Crippen LogP contribution in [0.2, 0.25) is 0 Å². The monoisotopic (exact) mass is 264 g/mol. The van der Waals surface area contributed by atoms with E-state index < -0.39 is 6.04 Å². The molecule has 1 unspecified atom stereocenters. The van der Waals surface area contributed by atoms with Gasteiger partial charge in [-0.05, 0) is 25.8 Å². The third kappa shape index (κ3) is 4.91. The smallest absolute Gasteiger partial charge is 0.328 e. The fourth-order valence-electron chi connectivity index (χ4n) is 1.84. The molecule has 100 valence electrons. The lowest BCUT2D eigenvalue weighted by molar-refractivity contribution is -0.145. The van der Waals surface area contributed by atoms with Crippen molar-refractivity contribution in [3.63, 3.8) is 0 Å². The van der Waals surface area contributed by atoms with Crippen LogP contribution >= 0.6 is 12.4 Å². The highest BCUT2D eigenvalue weighted by Gasteiger charge is 2.25. The molecule has 2 N–H and O–H groups in total. The molecule has 0 radical (unpaired) electrons. The minimum atomic E-state index is -0.514. The van der Waals surface area contributed by atoms with Crippen molar-refractivity contribution >= 4 is 24.3 Å². The average Bonchev–Trinajstić information content (AvgIpc) is 2.35. The highest BCUT2D eigenvalue weighted by atomic mass is 35.5. The van der Waals surface area contributed by atoms with E-state index >= 15 is 0 Å². The number of hydrogen-bond acceptors (Lipinski definition) is 4. The van der Waals surface area contributed by atoms with Crippen LogP contribution in [0.25, 0.3) is 0 Å². The zero-order valence-electron chi connectivity index (χ0n) is 10.3. The number of rotatable bonds is 4. The molecule has 1 fully saturated rings. The lowest BCUT2D eigenvalue weighted by Gasteiger charge is -2.24. The van der Waals surface area contributed by atoms with Crippen LogP contribution in [-0.2, 0) is 14.3 Å². The molecular weight excluding hydrogens is 244 g/mol. The zero-order valence-corrected chi connectivity index (χ0v) is 11.1. The molecular formula is C11H21ClN2O3. The summed E-state index contributed by atoms with van der Waals surface area (Å²) in [6, 6.07) is -0.514. The fraction of sp³-hybridized carbons (Fsp3) is 0.818. The van der Waals surface area contributed by atoms with Gasteiger partial charge in [0.2, 0.25) is 5.91 Å². The minimum Gasteiger partial charge on any atom is -0.467 e. The average molecular weight is 265 g/mol. The van der Waals surface area contributed by atoms with E-state index in [1.54, 1.807) is 0 Å². The summed E-state index contributed by atoms with van der Waals surface area (Å²) in [6.07, 6.45) is 2.45. The Labute approximate surface area is 108 Å². The molecule has 0 saturated carbocycles. The Balaban J connectivity index is 0.00000256. The van der Waals surface area contributed by atoms with Gasteiger partial charge in [-0.2, -0.15) is 0 Å². The van der Waals surface area contributed by atoms with Gasteiger partial charge in [0, 0.05) is 6.54 Å². The highest BCUT2D eigenvalue weighted by Crippen LogP contribution is 2.10. The molecule has 0 aromatic rings. The third-order valence-electron chi connectivity index (χ3n) is 2.88. The maximum atomic E-state index is 11.8. The predicted molar refractivity (Wildman–Crippen MR) is 67.1 cm³/mol. The van der Waals surface area contributed by atoms with Gasteiger partial charge in [0.15, 0.2) is 0 Å². The van der Waals surface area contributed by atoms with E-state index in [-0.39, 0.29) is 30.2 Å². The number of carbonyl (C=O) groups is 2. The number of halogens is 1. The fourth-order valence-corrected chi connectivity index (χ4v) is 1.84. The first-order valence-electron chi connectivity index (χ1n) is 5.78. The zero-order chi connectivity index (χ0) is 12.0. The summed E-state index contributed by atoms with van der Waals surface area (Å²) in [7, 11) is 1.33. The predicted octanol–water partition coefficient (Wildman–Crippen LogP) is 0.476. The minimum absolute atomic E-state index is 0. The number of piperidine rings is 1. The number of carbonyl (C=O) groups excluding carboxylic acids is 2. The normalized spacial score (nSPS) is 20.9. The van der Waals surface area contributed by atoms with Crippen molar-refractivity contribution in [2.24, 2.45) is 5.92 Å². The molecule has 6 heteroatoms. The molecule has 0 bridgehead atoms. The first kappa shape index (κ1) is 16.2. The van der Waals surface area contributed by atoms with Gasteiger partial charge >= 0.3 is 5.97 Å². The van der Waals surface area contributed by atoms with Gasteiger partial charge < -0.3 is 15.4 Å². The lowest BCUT2D eigenvalue weighted by Crippen LogP contribution is -2.47. The molecule has 2 atom stereocenters. The SMILES string of the molecule is CCC(NC(=O)[C@@H]1CCCNC1)C(=O)OC.Cl. The molecule has 1 aliphatic rings. The van der Waals surface area contributed by atoms with Gasteiger partial charge in [0.1, 0.15) is 6.04 Å². The van der Waals surface area contributed by atoms with E-state index in [1.165, 1.54) is 7.11 Å². The number of nitrogens with one attached hydrogen (secondary N) is 2. The number of methoxy groups -OCH3 is 1. The van der Waals surface area contributed by atoms with Crippen molar-refractivity contribution in [3.8, 4) is 0 Å². The molecule has 1 saturated heterocycles. The van der Waals surface area contributed by atoms with E-state index in [1.807, 2.05) is 6.92 Å². The van der Waals surface area contributed by atoms with Gasteiger partial charge in [0.05, 0.1) is 13.0 Å². The second-order valence-electron chi connectivity index (χ2n) is 4.04. The Morgan fingerprint density at radius 3 is 2.71 bits per heavy atom. The van der Waals surface area contributed by atoms with Crippen LogP contribution in [0.3, 0.4) is 0 Å². The molecule has 5 nitrogen and oxygen atoms in total. The van der Waals surface area contributed by atoms with Crippen LogP contribution in [0, 0.1) is 5.92 Å². The van der Waals surface area contributed by atoms with Crippen LogP contribution in [0.1, 0.15) is 26.2 Å². The topological polar surface area (TPSA) is 67.4 Å². The number of amides is 1. The first-order chi connectivity index (χ1) is 7.69. The molecule has 0 aromatic heterocycles. The summed E-state index contributed by atoms with van der Waals surface area (Å²) in [5.41, 5.74) is 0. The summed E-state index contributed by atoms with van der Waals surface area (Å²) in [4.78, 5) is 23.1. The standard InChI is InChI=1S/C11H20N2O3.ClH/c1-3-9(11(15)16-2)13-10(14)8-5-4-6-12-7-8;/h8-9,12H,3-7H2,1-2H3,(H,13,14);1H/t8-,9?;/m1./s1. The van der Waals surface area contributed by atoms with Crippen LogP contribution < -0.4 is 10.6 Å². The van der Waals surface area contributed by atoms with Crippen molar-refractivity contribution in [1.29, 1.82) is 0 Å². The molecule has 1 aliphatic heterocycles. The van der Waals surface area contributed by atoms with Gasteiger partial charge in [-0.3, -0.25) is 4.79 Å². The van der Waals surface area contributed by atoms with Crippen LogP contribution in [0.5, 0.6) is 0 Å².